The van der Waals surface area contributed by atoms with E-state index in [4.69, 9.17) is 5.14 Å². The van der Waals surface area contributed by atoms with Gasteiger partial charge in [0.15, 0.2) is 0 Å². The van der Waals surface area contributed by atoms with Crippen molar-refractivity contribution in [3.05, 3.63) is 40.4 Å². The van der Waals surface area contributed by atoms with E-state index in [0.29, 0.717) is 0 Å². The van der Waals surface area contributed by atoms with Gasteiger partial charge in [0.25, 0.3) is 0 Å². The third kappa shape index (κ3) is 4.01. The molecule has 0 aromatic carbocycles. The first-order valence-corrected chi connectivity index (χ1v) is 7.01. The minimum Gasteiger partial charge on any atom is -0.224 e. The van der Waals surface area contributed by atoms with Crippen LogP contribution in [0.4, 0.5) is 0 Å². The van der Waals surface area contributed by atoms with E-state index in [-0.39, 0.29) is 4.21 Å². The fraction of sp³-hybridized carbons (Fsp3) is 0. The summed E-state index contributed by atoms with van der Waals surface area (Å²) in [5.41, 5.74) is 0. The first-order valence-electron chi connectivity index (χ1n) is 3.64. The molecular weight excluding hydrogens is 238 g/mol. The summed E-state index contributed by atoms with van der Waals surface area (Å²) in [4.78, 5) is 0. The Labute approximate surface area is 90.9 Å². The number of hydrogen-bond acceptors (Lipinski definition) is 4. The van der Waals surface area contributed by atoms with Gasteiger partial charge in [-0.05, 0) is 22.2 Å². The van der Waals surface area contributed by atoms with E-state index in [1.54, 1.807) is 22.8 Å². The summed E-state index contributed by atoms with van der Waals surface area (Å²) in [5, 5.41) is 10.5. The van der Waals surface area contributed by atoms with Crippen molar-refractivity contribution in [2.45, 2.75) is 4.21 Å². The minimum absolute atomic E-state index is 0.211. The van der Waals surface area contributed by atoms with Crippen LogP contribution < -0.4 is 5.14 Å². The largest absolute Gasteiger partial charge is 0.247 e. The van der Waals surface area contributed by atoms with Crippen LogP contribution in [0.5, 0.6) is 0 Å². The maximum Gasteiger partial charge on any atom is 0.247 e. The number of nitrogens with two attached hydrogens (primary N) is 1. The molecule has 0 fully saturated rings. The zero-order valence-electron chi connectivity index (χ0n) is 7.16. The van der Waals surface area contributed by atoms with Gasteiger partial charge in [0.05, 0.1) is 0 Å². The average molecular weight is 247 g/mol. The summed E-state index contributed by atoms with van der Waals surface area (Å²) in [7, 11) is -3.44. The van der Waals surface area contributed by atoms with Gasteiger partial charge in [0.2, 0.25) is 10.0 Å². The highest BCUT2D eigenvalue weighted by atomic mass is 32.2. The van der Waals surface area contributed by atoms with Crippen LogP contribution in [0.1, 0.15) is 0 Å². The molecule has 0 aliphatic rings. The Morgan fingerprint density at radius 3 is 1.93 bits per heavy atom. The molecule has 2 N–H and O–H groups in total. The van der Waals surface area contributed by atoms with Crippen molar-refractivity contribution >= 4 is 32.7 Å². The zero-order valence-corrected chi connectivity index (χ0v) is 9.61. The van der Waals surface area contributed by atoms with Crippen LogP contribution in [-0.2, 0) is 10.0 Å². The van der Waals surface area contributed by atoms with E-state index in [1.807, 2.05) is 22.9 Å². The summed E-state index contributed by atoms with van der Waals surface area (Å²) >= 11 is 2.83. The highest BCUT2D eigenvalue weighted by Crippen LogP contribution is 2.12. The van der Waals surface area contributed by atoms with Crippen LogP contribution in [0.3, 0.4) is 0 Å². The van der Waals surface area contributed by atoms with E-state index in [1.165, 1.54) is 6.07 Å². The van der Waals surface area contributed by atoms with Gasteiger partial charge in [0, 0.05) is 0 Å². The lowest BCUT2D eigenvalue weighted by molar-refractivity contribution is 0.600. The van der Waals surface area contributed by atoms with Crippen LogP contribution >= 0.6 is 22.7 Å². The van der Waals surface area contributed by atoms with Gasteiger partial charge >= 0.3 is 0 Å². The van der Waals surface area contributed by atoms with Crippen LogP contribution in [0.25, 0.3) is 0 Å². The molecule has 0 saturated carbocycles. The van der Waals surface area contributed by atoms with E-state index >= 15 is 0 Å². The Kier molecular flexibility index (Phi) is 4.27. The lowest BCUT2D eigenvalue weighted by Gasteiger charge is -1.86. The van der Waals surface area contributed by atoms with Crippen LogP contribution in [-0.4, -0.2) is 8.42 Å². The van der Waals surface area contributed by atoms with Gasteiger partial charge in [-0.3, -0.25) is 0 Å². The molecule has 14 heavy (non-hydrogen) atoms. The fourth-order valence-corrected chi connectivity index (χ4v) is 2.53. The first kappa shape index (κ1) is 11.4. The monoisotopic (exact) mass is 247 g/mol. The molecule has 0 aliphatic heterocycles. The molecule has 0 unspecified atom stereocenters. The highest BCUT2D eigenvalue weighted by molar-refractivity contribution is 7.91. The second-order valence-corrected chi connectivity index (χ2v) is 5.82. The molecule has 3 nitrogen and oxygen atoms in total. The predicted molar refractivity (Wildman–Crippen MR) is 60.0 cm³/mol. The Bertz CT molecular complexity index is 414. The quantitative estimate of drug-likeness (QED) is 0.839. The first-order chi connectivity index (χ1) is 6.61. The molecule has 2 aromatic heterocycles. The molecular formula is C8H9NO2S3. The average Bonchev–Trinajstić information content (AvgIpc) is 2.80. The summed E-state index contributed by atoms with van der Waals surface area (Å²) in [6.07, 6.45) is 0. The van der Waals surface area contributed by atoms with Crippen molar-refractivity contribution in [1.29, 1.82) is 0 Å². The van der Waals surface area contributed by atoms with E-state index in [2.05, 4.69) is 0 Å². The second-order valence-electron chi connectivity index (χ2n) is 2.27. The smallest absolute Gasteiger partial charge is 0.224 e. The lowest BCUT2D eigenvalue weighted by Crippen LogP contribution is -2.09. The lowest BCUT2D eigenvalue weighted by atomic mass is 10.7. The molecule has 76 valence electrons. The Hall–Kier alpha value is -0.690. The summed E-state index contributed by atoms with van der Waals surface area (Å²) < 4.78 is 21.2. The van der Waals surface area contributed by atoms with E-state index in [0.717, 1.165) is 11.3 Å². The van der Waals surface area contributed by atoms with Gasteiger partial charge in [-0.2, -0.15) is 11.3 Å². The van der Waals surface area contributed by atoms with Gasteiger partial charge in [-0.15, -0.1) is 11.3 Å². The molecule has 2 aromatic rings. The molecule has 0 bridgehead atoms. The number of rotatable bonds is 1. The molecule has 0 amide bonds. The molecule has 0 radical (unpaired) electrons. The van der Waals surface area contributed by atoms with Gasteiger partial charge in [-0.25, -0.2) is 13.6 Å². The van der Waals surface area contributed by atoms with Crippen molar-refractivity contribution < 1.29 is 8.42 Å². The molecule has 0 atom stereocenters. The number of thiophene rings is 2. The maximum absolute atomic E-state index is 10.5. The topological polar surface area (TPSA) is 60.2 Å². The Balaban J connectivity index is 0.000000165. The van der Waals surface area contributed by atoms with Gasteiger partial charge in [0.1, 0.15) is 4.21 Å². The Morgan fingerprint density at radius 1 is 1.07 bits per heavy atom. The molecule has 2 rings (SSSR count). The highest BCUT2D eigenvalue weighted by Gasteiger charge is 2.06. The van der Waals surface area contributed by atoms with Crippen molar-refractivity contribution in [3.63, 3.8) is 0 Å². The second kappa shape index (κ2) is 5.26. The predicted octanol–water partition coefficient (Wildman–Crippen LogP) is 2.14. The summed E-state index contributed by atoms with van der Waals surface area (Å²) in [6.45, 7) is 0. The maximum atomic E-state index is 10.5. The zero-order chi connectivity index (χ0) is 10.4. The van der Waals surface area contributed by atoms with Crippen molar-refractivity contribution in [2.24, 2.45) is 5.14 Å². The summed E-state index contributed by atoms with van der Waals surface area (Å²) in [5.74, 6) is 0. The third-order valence-electron chi connectivity index (χ3n) is 1.20. The normalized spacial score (nSPS) is 10.4. The number of primary sulfonamides is 1. The third-order valence-corrected chi connectivity index (χ3v) is 4.17. The van der Waals surface area contributed by atoms with E-state index < -0.39 is 10.0 Å². The molecule has 6 heteroatoms. The number of sulfonamides is 1. The van der Waals surface area contributed by atoms with Crippen molar-refractivity contribution in [1.82, 2.24) is 0 Å². The fourth-order valence-electron chi connectivity index (χ4n) is 0.652. The molecule has 0 spiro atoms. The van der Waals surface area contributed by atoms with Crippen LogP contribution in [0.2, 0.25) is 0 Å². The molecule has 2 heterocycles. The number of hydrogen-bond donors (Lipinski definition) is 1. The van der Waals surface area contributed by atoms with Crippen LogP contribution in [0.15, 0.2) is 44.6 Å². The van der Waals surface area contributed by atoms with Crippen molar-refractivity contribution in [2.75, 3.05) is 0 Å². The van der Waals surface area contributed by atoms with E-state index in [9.17, 15) is 8.42 Å². The molecule has 0 aliphatic carbocycles. The minimum atomic E-state index is -3.44. The Morgan fingerprint density at radius 2 is 1.71 bits per heavy atom. The van der Waals surface area contributed by atoms with Gasteiger partial charge in [-0.1, -0.05) is 18.2 Å². The van der Waals surface area contributed by atoms with Crippen molar-refractivity contribution in [3.8, 4) is 0 Å². The van der Waals surface area contributed by atoms with Gasteiger partial charge < -0.3 is 0 Å². The summed E-state index contributed by atoms with van der Waals surface area (Å²) in [6, 6.07) is 7.15. The standard InChI is InChI=1S/C4H5NO2S2.C4H4S/c5-9(6,7)4-2-1-3-8-4;1-2-4-5-3-1/h1-3H,(H2,5,6,7);1-4H. The van der Waals surface area contributed by atoms with Crippen LogP contribution in [0, 0.1) is 0 Å². The molecule has 0 saturated heterocycles. The SMILES string of the molecule is NS(=O)(=O)c1cccs1.c1ccsc1.